The van der Waals surface area contributed by atoms with Crippen molar-refractivity contribution in [3.8, 4) is 0 Å². The molecule has 1 saturated heterocycles. The predicted molar refractivity (Wildman–Crippen MR) is 115 cm³/mol. The van der Waals surface area contributed by atoms with E-state index in [-0.39, 0.29) is 5.69 Å². The summed E-state index contributed by atoms with van der Waals surface area (Å²) in [5, 5.41) is 15.6. The molecule has 0 aromatic heterocycles. The fourth-order valence-electron chi connectivity index (χ4n) is 3.19. The Kier molecular flexibility index (Phi) is 6.97. The molecule has 0 bridgehead atoms. The summed E-state index contributed by atoms with van der Waals surface area (Å²) in [5.74, 6) is -1.56. The summed E-state index contributed by atoms with van der Waals surface area (Å²) in [6, 6.07) is 13.5. The molecule has 0 atom stereocenters. The largest absolute Gasteiger partial charge is 0.369 e. The number of likely N-dealkylation sites (N-methyl/N-ethyl adjacent to an activating group) is 1. The number of benzene rings is 2. The zero-order valence-electron chi connectivity index (χ0n) is 16.8. The molecule has 9 heteroatoms. The topological polar surface area (TPSA) is 108 Å². The lowest BCUT2D eigenvalue weighted by molar-refractivity contribution is -0.384. The number of nitro benzene ring substituents is 1. The molecular weight excluding hydrogens is 386 g/mol. The number of nitrogens with zero attached hydrogens (tertiary/aromatic N) is 3. The molecule has 2 amide bonds. The van der Waals surface area contributed by atoms with E-state index >= 15 is 0 Å². The maximum absolute atomic E-state index is 12.0. The number of anilines is 2. The van der Waals surface area contributed by atoms with E-state index in [1.165, 1.54) is 30.0 Å². The van der Waals surface area contributed by atoms with E-state index < -0.39 is 16.7 Å². The number of non-ortho nitro benzene ring substituents is 1. The highest BCUT2D eigenvalue weighted by Crippen LogP contribution is 2.17. The van der Waals surface area contributed by atoms with Crippen LogP contribution in [0.15, 0.2) is 48.5 Å². The maximum Gasteiger partial charge on any atom is 0.313 e. The zero-order valence-corrected chi connectivity index (χ0v) is 16.8. The zero-order chi connectivity index (χ0) is 21.5. The summed E-state index contributed by atoms with van der Waals surface area (Å²) in [4.78, 5) is 38.7. The minimum absolute atomic E-state index is 0.0870. The van der Waals surface area contributed by atoms with Crippen molar-refractivity contribution in [3.63, 3.8) is 0 Å². The van der Waals surface area contributed by atoms with Crippen LogP contribution in [0.5, 0.6) is 0 Å². The predicted octanol–water partition coefficient (Wildman–Crippen LogP) is 1.64. The van der Waals surface area contributed by atoms with Crippen LogP contribution in [0, 0.1) is 10.1 Å². The van der Waals surface area contributed by atoms with Gasteiger partial charge in [-0.15, -0.1) is 0 Å². The van der Waals surface area contributed by atoms with Crippen molar-refractivity contribution in [1.82, 2.24) is 10.2 Å². The average molecular weight is 411 g/mol. The van der Waals surface area contributed by atoms with Gasteiger partial charge in [0.2, 0.25) is 0 Å². The minimum Gasteiger partial charge on any atom is -0.369 e. The molecule has 0 unspecified atom stereocenters. The molecule has 1 aliphatic heterocycles. The number of nitrogens with one attached hydrogen (secondary N) is 2. The van der Waals surface area contributed by atoms with Crippen molar-refractivity contribution in [1.29, 1.82) is 0 Å². The van der Waals surface area contributed by atoms with Crippen LogP contribution in [0.25, 0.3) is 0 Å². The second-order valence-electron chi connectivity index (χ2n) is 7.22. The van der Waals surface area contributed by atoms with Crippen molar-refractivity contribution >= 4 is 28.9 Å². The molecule has 0 saturated carbocycles. The molecule has 1 aliphatic rings. The van der Waals surface area contributed by atoms with Crippen LogP contribution < -0.4 is 15.5 Å². The molecule has 0 radical (unpaired) electrons. The van der Waals surface area contributed by atoms with Crippen LogP contribution in [0.4, 0.5) is 17.1 Å². The fraction of sp³-hybridized carbons (Fsp3) is 0.333. The Morgan fingerprint density at radius 1 is 0.967 bits per heavy atom. The van der Waals surface area contributed by atoms with Gasteiger partial charge in [-0.05, 0) is 43.3 Å². The standard InChI is InChI=1S/C21H25N5O4/c1-24-12-14-25(15-13-24)18-6-2-16(3-7-18)10-11-22-20(27)21(28)23-17-4-8-19(9-5-17)26(29)30/h2-9H,10-15H2,1H3,(H,22,27)(H,23,28). The number of nitro groups is 1. The van der Waals surface area contributed by atoms with Gasteiger partial charge in [-0.2, -0.15) is 0 Å². The van der Waals surface area contributed by atoms with Crippen LogP contribution in [0.1, 0.15) is 5.56 Å². The van der Waals surface area contributed by atoms with E-state index in [0.29, 0.717) is 18.7 Å². The van der Waals surface area contributed by atoms with Gasteiger partial charge in [0.05, 0.1) is 4.92 Å². The number of hydrogen-bond donors (Lipinski definition) is 2. The first-order chi connectivity index (χ1) is 14.4. The molecule has 30 heavy (non-hydrogen) atoms. The molecule has 2 aromatic carbocycles. The van der Waals surface area contributed by atoms with Gasteiger partial charge in [-0.3, -0.25) is 19.7 Å². The summed E-state index contributed by atoms with van der Waals surface area (Å²) < 4.78 is 0. The van der Waals surface area contributed by atoms with Crippen molar-refractivity contribution in [3.05, 3.63) is 64.2 Å². The summed E-state index contributed by atoms with van der Waals surface area (Å²) in [7, 11) is 2.13. The quantitative estimate of drug-likeness (QED) is 0.425. The Hall–Kier alpha value is -3.46. The van der Waals surface area contributed by atoms with Gasteiger partial charge < -0.3 is 20.4 Å². The van der Waals surface area contributed by atoms with E-state index in [0.717, 1.165) is 31.7 Å². The number of hydrogen-bond acceptors (Lipinski definition) is 6. The molecular formula is C21H25N5O4. The van der Waals surface area contributed by atoms with Crippen LogP contribution in [-0.4, -0.2) is 61.4 Å². The molecule has 2 aromatic rings. The Morgan fingerprint density at radius 2 is 1.60 bits per heavy atom. The third-order valence-corrected chi connectivity index (χ3v) is 5.05. The second kappa shape index (κ2) is 9.84. The molecule has 3 rings (SSSR count). The minimum atomic E-state index is -0.811. The first-order valence-electron chi connectivity index (χ1n) is 9.78. The second-order valence-corrected chi connectivity index (χ2v) is 7.22. The molecule has 1 fully saturated rings. The van der Waals surface area contributed by atoms with Gasteiger partial charge in [-0.1, -0.05) is 12.1 Å². The summed E-state index contributed by atoms with van der Waals surface area (Å²) in [6.07, 6.45) is 0.611. The highest BCUT2D eigenvalue weighted by Gasteiger charge is 2.15. The first-order valence-corrected chi connectivity index (χ1v) is 9.78. The lowest BCUT2D eigenvalue weighted by atomic mass is 10.1. The fourth-order valence-corrected chi connectivity index (χ4v) is 3.19. The van der Waals surface area contributed by atoms with Gasteiger partial charge >= 0.3 is 11.8 Å². The van der Waals surface area contributed by atoms with Gasteiger partial charge in [0.15, 0.2) is 0 Å². The summed E-state index contributed by atoms with van der Waals surface area (Å²) in [6.45, 7) is 4.46. The monoisotopic (exact) mass is 411 g/mol. The summed E-state index contributed by atoms with van der Waals surface area (Å²) in [5.41, 5.74) is 2.50. The number of amides is 2. The number of carbonyl (C=O) groups is 2. The molecule has 1 heterocycles. The third-order valence-electron chi connectivity index (χ3n) is 5.05. The Morgan fingerprint density at radius 3 is 2.20 bits per heavy atom. The Balaban J connectivity index is 1.42. The van der Waals surface area contributed by atoms with Gasteiger partial charge in [-0.25, -0.2) is 0 Å². The van der Waals surface area contributed by atoms with Gasteiger partial charge in [0.25, 0.3) is 5.69 Å². The molecule has 2 N–H and O–H groups in total. The van der Waals surface area contributed by atoms with Crippen LogP contribution in [0.3, 0.4) is 0 Å². The van der Waals surface area contributed by atoms with Crippen molar-refractivity contribution in [2.75, 3.05) is 50.0 Å². The van der Waals surface area contributed by atoms with E-state index in [2.05, 4.69) is 39.6 Å². The Labute approximate surface area is 174 Å². The van der Waals surface area contributed by atoms with Gasteiger partial charge in [0.1, 0.15) is 0 Å². The molecule has 0 aliphatic carbocycles. The lowest BCUT2D eigenvalue weighted by Crippen LogP contribution is -2.44. The third kappa shape index (κ3) is 5.77. The first kappa shape index (κ1) is 21.3. The molecule has 9 nitrogen and oxygen atoms in total. The Bertz CT molecular complexity index is 891. The highest BCUT2D eigenvalue weighted by atomic mass is 16.6. The SMILES string of the molecule is CN1CCN(c2ccc(CCNC(=O)C(=O)Nc3ccc([N+](=O)[O-])cc3)cc2)CC1. The van der Waals surface area contributed by atoms with Gasteiger partial charge in [0, 0.05) is 56.2 Å². The van der Waals surface area contributed by atoms with E-state index in [1.54, 1.807) is 0 Å². The lowest BCUT2D eigenvalue weighted by Gasteiger charge is -2.34. The van der Waals surface area contributed by atoms with Crippen molar-refractivity contribution in [2.45, 2.75) is 6.42 Å². The maximum atomic E-state index is 12.0. The molecule has 0 spiro atoms. The molecule has 158 valence electrons. The van der Waals surface area contributed by atoms with Crippen molar-refractivity contribution in [2.24, 2.45) is 0 Å². The smallest absolute Gasteiger partial charge is 0.313 e. The van der Waals surface area contributed by atoms with Crippen LogP contribution in [0.2, 0.25) is 0 Å². The highest BCUT2D eigenvalue weighted by molar-refractivity contribution is 6.39. The van der Waals surface area contributed by atoms with E-state index in [4.69, 9.17) is 0 Å². The van der Waals surface area contributed by atoms with Crippen LogP contribution in [-0.2, 0) is 16.0 Å². The normalized spacial score (nSPS) is 14.2. The summed E-state index contributed by atoms with van der Waals surface area (Å²) >= 11 is 0. The average Bonchev–Trinajstić information content (AvgIpc) is 2.75. The van der Waals surface area contributed by atoms with E-state index in [9.17, 15) is 19.7 Å². The van der Waals surface area contributed by atoms with Crippen molar-refractivity contribution < 1.29 is 14.5 Å². The number of carbonyl (C=O) groups excluding carboxylic acids is 2. The van der Waals surface area contributed by atoms with Crippen LogP contribution >= 0.6 is 0 Å². The number of rotatable bonds is 6. The van der Waals surface area contributed by atoms with E-state index in [1.807, 2.05) is 12.1 Å². The number of piperazine rings is 1.